The molecule has 2 N–H and O–H groups in total. The van der Waals surface area contributed by atoms with Crippen molar-refractivity contribution in [2.24, 2.45) is 0 Å². The lowest BCUT2D eigenvalue weighted by Crippen LogP contribution is -2.12. The molecule has 0 aliphatic carbocycles. The Kier molecular flexibility index (Phi) is 3.13. The fourth-order valence-electron chi connectivity index (χ4n) is 2.15. The molecule has 90 valence electrons. The van der Waals surface area contributed by atoms with Gasteiger partial charge in [-0.15, -0.1) is 0 Å². The summed E-state index contributed by atoms with van der Waals surface area (Å²) in [7, 11) is 3.70. The molecule has 2 rings (SSSR count). The lowest BCUT2D eigenvalue weighted by Gasteiger charge is -2.13. The van der Waals surface area contributed by atoms with Gasteiger partial charge in [0.1, 0.15) is 5.82 Å². The standard InChI is InChI=1S/C13H16FN3/c1-16-8-10(7-15)11-5-9-3-4-17(2)13(9)6-12(11)14/h5-8,15-16H,3-4H2,1-2H3/b10-8+,15-7?. The number of halogens is 1. The van der Waals surface area contributed by atoms with Crippen LogP contribution in [0.1, 0.15) is 11.1 Å². The highest BCUT2D eigenvalue weighted by atomic mass is 19.1. The van der Waals surface area contributed by atoms with Crippen LogP contribution in [0.15, 0.2) is 18.3 Å². The van der Waals surface area contributed by atoms with Crippen LogP contribution >= 0.6 is 0 Å². The third-order valence-corrected chi connectivity index (χ3v) is 3.06. The number of hydrogen-bond acceptors (Lipinski definition) is 3. The summed E-state index contributed by atoms with van der Waals surface area (Å²) in [6.07, 6.45) is 3.74. The first-order chi connectivity index (χ1) is 8.17. The second kappa shape index (κ2) is 4.57. The van der Waals surface area contributed by atoms with Gasteiger partial charge in [-0.2, -0.15) is 0 Å². The average molecular weight is 233 g/mol. The summed E-state index contributed by atoms with van der Waals surface area (Å²) in [6, 6.07) is 3.41. The molecule has 0 radical (unpaired) electrons. The Morgan fingerprint density at radius 3 is 2.94 bits per heavy atom. The summed E-state index contributed by atoms with van der Waals surface area (Å²) in [5.74, 6) is -0.275. The van der Waals surface area contributed by atoms with Crippen LogP contribution in [0.4, 0.5) is 10.1 Å². The average Bonchev–Trinajstić information content (AvgIpc) is 2.67. The van der Waals surface area contributed by atoms with E-state index in [1.165, 1.54) is 6.21 Å². The second-order valence-corrected chi connectivity index (χ2v) is 4.17. The molecule has 1 aromatic carbocycles. The van der Waals surface area contributed by atoms with Crippen LogP contribution in [0, 0.1) is 11.2 Å². The molecular formula is C13H16FN3. The predicted molar refractivity (Wildman–Crippen MR) is 69.2 cm³/mol. The normalized spacial score (nSPS) is 14.8. The molecule has 0 fully saturated rings. The van der Waals surface area contributed by atoms with Crippen molar-refractivity contribution in [2.75, 3.05) is 25.5 Å². The van der Waals surface area contributed by atoms with E-state index in [4.69, 9.17) is 5.41 Å². The highest BCUT2D eigenvalue weighted by Crippen LogP contribution is 2.31. The van der Waals surface area contributed by atoms with Crippen molar-refractivity contribution >= 4 is 17.5 Å². The van der Waals surface area contributed by atoms with Crippen molar-refractivity contribution in [3.05, 3.63) is 35.3 Å². The molecule has 0 unspecified atom stereocenters. The third-order valence-electron chi connectivity index (χ3n) is 3.06. The van der Waals surface area contributed by atoms with E-state index in [-0.39, 0.29) is 5.82 Å². The number of hydrogen-bond donors (Lipinski definition) is 2. The molecule has 3 nitrogen and oxygen atoms in total. The molecule has 0 bridgehead atoms. The van der Waals surface area contributed by atoms with Gasteiger partial charge in [-0.05, 0) is 24.1 Å². The van der Waals surface area contributed by atoms with E-state index in [0.29, 0.717) is 11.1 Å². The molecule has 1 aliphatic heterocycles. The first kappa shape index (κ1) is 11.6. The molecule has 0 saturated heterocycles. The van der Waals surface area contributed by atoms with Gasteiger partial charge in [-0.3, -0.25) is 0 Å². The number of nitrogens with one attached hydrogen (secondary N) is 2. The molecule has 0 saturated carbocycles. The topological polar surface area (TPSA) is 39.1 Å². The molecule has 0 aromatic heterocycles. The largest absolute Gasteiger partial charge is 0.393 e. The van der Waals surface area contributed by atoms with E-state index < -0.39 is 0 Å². The van der Waals surface area contributed by atoms with Gasteiger partial charge < -0.3 is 15.6 Å². The number of anilines is 1. The fourth-order valence-corrected chi connectivity index (χ4v) is 2.15. The van der Waals surface area contributed by atoms with Crippen LogP contribution in [-0.2, 0) is 6.42 Å². The second-order valence-electron chi connectivity index (χ2n) is 4.17. The van der Waals surface area contributed by atoms with Crippen LogP contribution in [-0.4, -0.2) is 26.9 Å². The molecule has 0 atom stereocenters. The van der Waals surface area contributed by atoms with Gasteiger partial charge >= 0.3 is 0 Å². The lowest BCUT2D eigenvalue weighted by molar-refractivity contribution is 0.624. The van der Waals surface area contributed by atoms with Gasteiger partial charge in [0, 0.05) is 49.9 Å². The van der Waals surface area contributed by atoms with Crippen LogP contribution in [0.2, 0.25) is 0 Å². The summed E-state index contributed by atoms with van der Waals surface area (Å²) in [5, 5.41) is 10.2. The van der Waals surface area contributed by atoms with E-state index in [1.807, 2.05) is 18.0 Å². The Bertz CT molecular complexity index is 480. The van der Waals surface area contributed by atoms with Gasteiger partial charge in [-0.1, -0.05) is 0 Å². The minimum absolute atomic E-state index is 0.275. The Balaban J connectivity index is 2.50. The fraction of sp³-hybridized carbons (Fsp3) is 0.308. The van der Waals surface area contributed by atoms with Crippen LogP contribution < -0.4 is 10.2 Å². The Hall–Kier alpha value is -1.84. The highest BCUT2D eigenvalue weighted by Gasteiger charge is 2.19. The summed E-state index contributed by atoms with van der Waals surface area (Å²) in [4.78, 5) is 2.05. The maximum absolute atomic E-state index is 14.0. The third kappa shape index (κ3) is 2.02. The van der Waals surface area contributed by atoms with E-state index >= 15 is 0 Å². The van der Waals surface area contributed by atoms with Crippen molar-refractivity contribution < 1.29 is 4.39 Å². The minimum atomic E-state index is -0.275. The SMILES string of the molecule is CN/C=C(\C=N)c1cc2c(cc1F)N(C)CC2. The number of nitrogens with zero attached hydrogens (tertiary/aromatic N) is 1. The summed E-state index contributed by atoms with van der Waals surface area (Å²) < 4.78 is 14.0. The summed E-state index contributed by atoms with van der Waals surface area (Å²) in [6.45, 7) is 0.924. The molecule has 17 heavy (non-hydrogen) atoms. The number of likely N-dealkylation sites (N-methyl/N-ethyl adjacent to an activating group) is 1. The first-order valence-corrected chi connectivity index (χ1v) is 5.59. The van der Waals surface area contributed by atoms with Gasteiger partial charge in [-0.25, -0.2) is 4.39 Å². The zero-order valence-electron chi connectivity index (χ0n) is 10.0. The van der Waals surface area contributed by atoms with Crippen molar-refractivity contribution in [3.63, 3.8) is 0 Å². The maximum Gasteiger partial charge on any atom is 0.133 e. The molecule has 1 aromatic rings. The van der Waals surface area contributed by atoms with Gasteiger partial charge in [0.25, 0.3) is 0 Å². The number of allylic oxidation sites excluding steroid dienone is 1. The van der Waals surface area contributed by atoms with E-state index in [9.17, 15) is 4.39 Å². The zero-order chi connectivity index (χ0) is 12.4. The number of benzene rings is 1. The van der Waals surface area contributed by atoms with Crippen LogP contribution in [0.3, 0.4) is 0 Å². The van der Waals surface area contributed by atoms with Gasteiger partial charge in [0.15, 0.2) is 0 Å². The maximum atomic E-state index is 14.0. The first-order valence-electron chi connectivity index (χ1n) is 5.59. The lowest BCUT2D eigenvalue weighted by atomic mass is 10.0. The molecule has 0 spiro atoms. The summed E-state index contributed by atoms with van der Waals surface area (Å²) >= 11 is 0. The molecule has 0 amide bonds. The van der Waals surface area contributed by atoms with Crippen molar-refractivity contribution in [1.29, 1.82) is 5.41 Å². The quantitative estimate of drug-likeness (QED) is 0.784. The van der Waals surface area contributed by atoms with Crippen molar-refractivity contribution in [2.45, 2.75) is 6.42 Å². The molecule has 1 heterocycles. The smallest absolute Gasteiger partial charge is 0.133 e. The zero-order valence-corrected chi connectivity index (χ0v) is 10.0. The number of fused-ring (bicyclic) bond motifs is 1. The monoisotopic (exact) mass is 233 g/mol. The van der Waals surface area contributed by atoms with Crippen LogP contribution in [0.5, 0.6) is 0 Å². The van der Waals surface area contributed by atoms with Crippen molar-refractivity contribution in [1.82, 2.24) is 5.32 Å². The molecule has 4 heteroatoms. The minimum Gasteiger partial charge on any atom is -0.393 e. The van der Waals surface area contributed by atoms with Crippen LogP contribution in [0.25, 0.3) is 5.57 Å². The predicted octanol–water partition coefficient (Wildman–Crippen LogP) is 2.03. The van der Waals surface area contributed by atoms with Gasteiger partial charge in [0.05, 0.1) is 0 Å². The molecular weight excluding hydrogens is 217 g/mol. The van der Waals surface area contributed by atoms with E-state index in [2.05, 4.69) is 5.32 Å². The Morgan fingerprint density at radius 1 is 1.53 bits per heavy atom. The number of rotatable bonds is 3. The van der Waals surface area contributed by atoms with Crippen molar-refractivity contribution in [3.8, 4) is 0 Å². The molecule has 1 aliphatic rings. The van der Waals surface area contributed by atoms with E-state index in [0.717, 1.165) is 24.2 Å². The Morgan fingerprint density at radius 2 is 2.29 bits per heavy atom. The van der Waals surface area contributed by atoms with E-state index in [1.54, 1.807) is 19.3 Å². The summed E-state index contributed by atoms with van der Waals surface area (Å²) in [5.41, 5.74) is 3.15. The Labute approximate surface area is 100 Å². The highest BCUT2D eigenvalue weighted by molar-refractivity contribution is 6.08. The van der Waals surface area contributed by atoms with Gasteiger partial charge in [0.2, 0.25) is 0 Å².